The average Bonchev–Trinajstić information content (AvgIpc) is 2.71. The minimum absolute atomic E-state index is 0.194. The van der Waals surface area contributed by atoms with Gasteiger partial charge in [-0.15, -0.1) is 0 Å². The van der Waals surface area contributed by atoms with Crippen LogP contribution in [0.25, 0.3) is 16.5 Å². The van der Waals surface area contributed by atoms with Gasteiger partial charge in [-0.25, -0.2) is 4.39 Å². The van der Waals surface area contributed by atoms with E-state index in [0.29, 0.717) is 28.3 Å². The topological polar surface area (TPSA) is 58.8 Å². The van der Waals surface area contributed by atoms with Crippen LogP contribution in [0.5, 0.6) is 0 Å². The molecule has 1 N–H and O–H groups in total. The van der Waals surface area contributed by atoms with Crippen LogP contribution in [-0.2, 0) is 0 Å². The maximum atomic E-state index is 14.0. The van der Waals surface area contributed by atoms with E-state index in [1.165, 1.54) is 12.1 Å². The van der Waals surface area contributed by atoms with Gasteiger partial charge in [0.2, 0.25) is 0 Å². The van der Waals surface area contributed by atoms with E-state index in [9.17, 15) is 9.18 Å². The Hall–Kier alpha value is -3.54. The monoisotopic (exact) mass is 404 g/mol. The molecule has 0 saturated heterocycles. The van der Waals surface area contributed by atoms with Crippen molar-refractivity contribution in [2.24, 2.45) is 9.98 Å². The van der Waals surface area contributed by atoms with Crippen LogP contribution in [0.15, 0.2) is 75.6 Å². The van der Waals surface area contributed by atoms with Gasteiger partial charge in [-0.2, -0.15) is 0 Å². The predicted octanol–water partition coefficient (Wildman–Crippen LogP) is 4.72. The Morgan fingerprint density at radius 1 is 1.23 bits per heavy atom. The molecular weight excluding hydrogens is 379 g/mol. The Morgan fingerprint density at radius 3 is 2.63 bits per heavy atom. The van der Waals surface area contributed by atoms with E-state index in [-0.39, 0.29) is 11.6 Å². The number of hydrogen-bond acceptors (Lipinski definition) is 3. The molecule has 0 radical (unpaired) electrons. The molecule has 1 atom stereocenters. The number of aryl methyl sites for hydroxylation is 1. The Bertz CT molecular complexity index is 1220. The Balaban J connectivity index is 2.24. The minimum atomic E-state index is -0.405. The van der Waals surface area contributed by atoms with Gasteiger partial charge in [0.1, 0.15) is 11.7 Å². The zero-order chi connectivity index (χ0) is 21.8. The third kappa shape index (κ3) is 4.08. The molecule has 0 aliphatic heterocycles. The number of amidine groups is 1. The summed E-state index contributed by atoms with van der Waals surface area (Å²) in [7, 11) is 1.65. The van der Waals surface area contributed by atoms with E-state index in [2.05, 4.69) is 21.9 Å². The second-order valence-electron chi connectivity index (χ2n) is 7.00. The molecule has 3 rings (SSSR count). The highest BCUT2D eigenvalue weighted by molar-refractivity contribution is 5.98. The molecular formula is C24H25FN4O. The summed E-state index contributed by atoms with van der Waals surface area (Å²) in [6.45, 7) is 9.54. The summed E-state index contributed by atoms with van der Waals surface area (Å²) in [5, 5.41) is 4.73. The highest BCUT2D eigenvalue weighted by atomic mass is 19.1. The van der Waals surface area contributed by atoms with Gasteiger partial charge in [0.25, 0.3) is 5.56 Å². The van der Waals surface area contributed by atoms with E-state index >= 15 is 0 Å². The smallest absolute Gasteiger partial charge is 0.263 e. The second-order valence-corrected chi connectivity index (χ2v) is 7.00. The summed E-state index contributed by atoms with van der Waals surface area (Å²) >= 11 is 0. The molecule has 0 bridgehead atoms. The first-order valence-corrected chi connectivity index (χ1v) is 9.69. The number of rotatable bonds is 5. The standard InChI is InChI=1S/C24H25FN4O/c1-6-27-17(4)23(26-5)28-16(3)21-13-18-10-7-9-15(2)22(18)24(30)29(21)20-12-8-11-19(25)14-20/h6-14,16H,4H2,1-3,5H3,(H,26,28)/b27-6-. The third-order valence-corrected chi connectivity index (χ3v) is 4.93. The SMILES string of the molecule is C=C(/N=C\C)/C(=N\C)NC(C)c1cc2cccc(C)c2c(=O)n1-c1cccc(F)c1. The summed E-state index contributed by atoms with van der Waals surface area (Å²) in [6, 6.07) is 13.4. The number of halogens is 1. The summed E-state index contributed by atoms with van der Waals surface area (Å²) in [5.41, 5.74) is 2.31. The number of nitrogens with one attached hydrogen (secondary N) is 1. The van der Waals surface area contributed by atoms with Crippen molar-refractivity contribution >= 4 is 22.8 Å². The third-order valence-electron chi connectivity index (χ3n) is 4.93. The summed E-state index contributed by atoms with van der Waals surface area (Å²) in [5.74, 6) is 0.112. The van der Waals surface area contributed by atoms with Gasteiger partial charge in [0.05, 0.1) is 22.8 Å². The number of pyridine rings is 1. The lowest BCUT2D eigenvalue weighted by Gasteiger charge is -2.22. The normalized spacial score (nSPS) is 13.0. The van der Waals surface area contributed by atoms with Gasteiger partial charge >= 0.3 is 0 Å². The fraction of sp³-hybridized carbons (Fsp3) is 0.208. The van der Waals surface area contributed by atoms with Gasteiger partial charge in [0, 0.05) is 19.0 Å². The van der Waals surface area contributed by atoms with Crippen LogP contribution in [-0.4, -0.2) is 23.7 Å². The first-order valence-electron chi connectivity index (χ1n) is 9.69. The van der Waals surface area contributed by atoms with Gasteiger partial charge in [-0.1, -0.05) is 30.8 Å². The molecule has 1 unspecified atom stereocenters. The quantitative estimate of drug-likeness (QED) is 0.494. The average molecular weight is 404 g/mol. The first kappa shape index (κ1) is 21.2. The number of aliphatic imine (C=N–C) groups is 2. The molecule has 0 fully saturated rings. The number of fused-ring (bicyclic) bond motifs is 1. The van der Waals surface area contributed by atoms with Gasteiger partial charge in [0.15, 0.2) is 0 Å². The zero-order valence-electron chi connectivity index (χ0n) is 17.6. The molecule has 0 spiro atoms. The van der Waals surface area contributed by atoms with Crippen molar-refractivity contribution in [1.82, 2.24) is 9.88 Å². The molecule has 2 aromatic carbocycles. The van der Waals surface area contributed by atoms with Crippen molar-refractivity contribution < 1.29 is 4.39 Å². The van der Waals surface area contributed by atoms with Crippen molar-refractivity contribution in [3.8, 4) is 5.69 Å². The maximum Gasteiger partial charge on any atom is 0.263 e. The van der Waals surface area contributed by atoms with E-state index in [0.717, 1.165) is 10.9 Å². The lowest BCUT2D eigenvalue weighted by molar-refractivity contribution is 0.622. The lowest BCUT2D eigenvalue weighted by Crippen LogP contribution is -2.32. The van der Waals surface area contributed by atoms with Crippen LogP contribution in [0.1, 0.15) is 31.1 Å². The largest absolute Gasteiger partial charge is 0.361 e. The summed E-state index contributed by atoms with van der Waals surface area (Å²) < 4.78 is 15.5. The van der Waals surface area contributed by atoms with Crippen molar-refractivity contribution in [3.05, 3.63) is 88.2 Å². The van der Waals surface area contributed by atoms with Crippen molar-refractivity contribution in [2.45, 2.75) is 26.8 Å². The summed E-state index contributed by atoms with van der Waals surface area (Å²) in [4.78, 5) is 21.9. The Labute approximate surface area is 175 Å². The summed E-state index contributed by atoms with van der Waals surface area (Å²) in [6.07, 6.45) is 1.64. The molecule has 0 amide bonds. The van der Waals surface area contributed by atoms with E-state index in [1.54, 1.807) is 36.9 Å². The Kier molecular flexibility index (Phi) is 6.26. The van der Waals surface area contributed by atoms with Crippen LogP contribution in [0.4, 0.5) is 4.39 Å². The molecule has 0 aliphatic carbocycles. The van der Waals surface area contributed by atoms with Crippen LogP contribution < -0.4 is 10.9 Å². The van der Waals surface area contributed by atoms with E-state index in [4.69, 9.17) is 0 Å². The number of benzene rings is 2. The predicted molar refractivity (Wildman–Crippen MR) is 122 cm³/mol. The van der Waals surface area contributed by atoms with Crippen LogP contribution >= 0.6 is 0 Å². The van der Waals surface area contributed by atoms with Crippen LogP contribution in [0, 0.1) is 12.7 Å². The van der Waals surface area contributed by atoms with Gasteiger partial charge in [-0.3, -0.25) is 19.3 Å². The van der Waals surface area contributed by atoms with Crippen molar-refractivity contribution in [1.29, 1.82) is 0 Å². The molecule has 3 aromatic rings. The van der Waals surface area contributed by atoms with E-state index < -0.39 is 5.82 Å². The number of nitrogens with zero attached hydrogens (tertiary/aromatic N) is 3. The molecule has 0 aliphatic rings. The van der Waals surface area contributed by atoms with Crippen molar-refractivity contribution in [3.63, 3.8) is 0 Å². The molecule has 1 aromatic heterocycles. The molecule has 6 heteroatoms. The van der Waals surface area contributed by atoms with Crippen molar-refractivity contribution in [2.75, 3.05) is 7.05 Å². The fourth-order valence-electron chi connectivity index (χ4n) is 3.53. The first-order chi connectivity index (χ1) is 14.4. The fourth-order valence-corrected chi connectivity index (χ4v) is 3.53. The molecule has 0 saturated carbocycles. The molecule has 5 nitrogen and oxygen atoms in total. The Morgan fingerprint density at radius 2 is 1.97 bits per heavy atom. The van der Waals surface area contributed by atoms with Crippen LogP contribution in [0.2, 0.25) is 0 Å². The number of hydrogen-bond donors (Lipinski definition) is 1. The maximum absolute atomic E-state index is 14.0. The van der Waals surface area contributed by atoms with E-state index in [1.807, 2.05) is 38.1 Å². The number of aromatic nitrogens is 1. The van der Waals surface area contributed by atoms with Gasteiger partial charge < -0.3 is 5.32 Å². The molecule has 154 valence electrons. The minimum Gasteiger partial charge on any atom is -0.361 e. The highest BCUT2D eigenvalue weighted by Gasteiger charge is 2.19. The van der Waals surface area contributed by atoms with Crippen LogP contribution in [0.3, 0.4) is 0 Å². The van der Waals surface area contributed by atoms with Gasteiger partial charge in [-0.05, 0) is 56.0 Å². The molecule has 1 heterocycles. The highest BCUT2D eigenvalue weighted by Crippen LogP contribution is 2.23. The molecule has 30 heavy (non-hydrogen) atoms. The lowest BCUT2D eigenvalue weighted by atomic mass is 10.0. The zero-order valence-corrected chi connectivity index (χ0v) is 17.6. The second kappa shape index (κ2) is 8.86.